The highest BCUT2D eigenvalue weighted by molar-refractivity contribution is 5.91. The van der Waals surface area contributed by atoms with E-state index in [1.807, 2.05) is 0 Å². The Hall–Kier alpha value is -2.98. The van der Waals surface area contributed by atoms with Gasteiger partial charge in [-0.25, -0.2) is 9.59 Å². The van der Waals surface area contributed by atoms with Gasteiger partial charge >= 0.3 is 23.9 Å². The van der Waals surface area contributed by atoms with E-state index in [9.17, 15) is 19.2 Å². The number of rotatable bonds is 9. The summed E-state index contributed by atoms with van der Waals surface area (Å²) in [6, 6.07) is 5.02. The molecule has 1 rings (SSSR count). The third-order valence-corrected chi connectivity index (χ3v) is 2.96. The molecule has 1 aromatic carbocycles. The largest absolute Gasteiger partial charge is 0.481 e. The first kappa shape index (κ1) is 27.2. The zero-order valence-corrected chi connectivity index (χ0v) is 15.4. The van der Waals surface area contributed by atoms with Crippen molar-refractivity contribution in [1.82, 2.24) is 0 Å². The number of carboxylic acid groups (broad SMARTS) is 4. The molecule has 0 aliphatic heterocycles. The highest BCUT2D eigenvalue weighted by Crippen LogP contribution is 2.03. The van der Waals surface area contributed by atoms with Gasteiger partial charge in [0.25, 0.3) is 0 Å². The van der Waals surface area contributed by atoms with Crippen LogP contribution in [0.3, 0.4) is 0 Å². The van der Waals surface area contributed by atoms with Crippen molar-refractivity contribution in [2.75, 3.05) is 6.61 Å². The smallest absolute Gasteiger partial charge is 0.335 e. The zero-order valence-electron chi connectivity index (χ0n) is 15.4. The van der Waals surface area contributed by atoms with E-state index in [1.165, 1.54) is 24.3 Å². The second kappa shape index (κ2) is 16.2. The Bertz CT molecular complexity index is 558. The Kier molecular flexibility index (Phi) is 15.8. The topological polar surface area (TPSA) is 190 Å². The summed E-state index contributed by atoms with van der Waals surface area (Å²) in [5, 5.41) is 49.7. The first-order valence-corrected chi connectivity index (χ1v) is 8.30. The van der Waals surface area contributed by atoms with Crippen LogP contribution in [-0.4, -0.2) is 67.2 Å². The van der Waals surface area contributed by atoms with Crippen LogP contribution >= 0.6 is 0 Å². The van der Waals surface area contributed by atoms with Crippen molar-refractivity contribution in [2.45, 2.75) is 45.1 Å². The number of aliphatic hydroxyl groups excluding tert-OH is 2. The molecule has 10 nitrogen and oxygen atoms in total. The number of benzene rings is 1. The van der Waals surface area contributed by atoms with Crippen LogP contribution in [-0.2, 0) is 9.59 Å². The van der Waals surface area contributed by atoms with Crippen molar-refractivity contribution in [2.24, 2.45) is 0 Å². The summed E-state index contributed by atoms with van der Waals surface area (Å²) in [5.74, 6) is -3.87. The van der Waals surface area contributed by atoms with Gasteiger partial charge in [0, 0.05) is 19.4 Å². The van der Waals surface area contributed by atoms with Crippen molar-refractivity contribution >= 4 is 23.9 Å². The molecule has 0 fully saturated rings. The van der Waals surface area contributed by atoms with Crippen LogP contribution in [0.1, 0.15) is 59.7 Å². The summed E-state index contributed by atoms with van der Waals surface area (Å²) in [7, 11) is 0. The summed E-state index contributed by atoms with van der Waals surface area (Å²) < 4.78 is 0. The molecule has 0 amide bonds. The maximum atomic E-state index is 10.3. The Morgan fingerprint density at radius 1 is 0.786 bits per heavy atom. The zero-order chi connectivity index (χ0) is 22.1. The molecule has 0 saturated heterocycles. The molecule has 1 atom stereocenters. The molecule has 0 aliphatic carbocycles. The van der Waals surface area contributed by atoms with Gasteiger partial charge in [-0.15, -0.1) is 0 Å². The highest BCUT2D eigenvalue weighted by atomic mass is 16.4. The summed E-state index contributed by atoms with van der Waals surface area (Å²) in [6.07, 6.45) is 1.15. The Labute approximate surface area is 161 Å². The molecule has 1 unspecified atom stereocenters. The molecule has 0 saturated carbocycles. The third-order valence-electron chi connectivity index (χ3n) is 2.96. The lowest BCUT2D eigenvalue weighted by Crippen LogP contribution is -2.00. The van der Waals surface area contributed by atoms with Crippen LogP contribution in [0.2, 0.25) is 0 Å². The average molecular weight is 402 g/mol. The van der Waals surface area contributed by atoms with E-state index >= 15 is 0 Å². The predicted molar refractivity (Wildman–Crippen MR) is 97.5 cm³/mol. The fourth-order valence-electron chi connectivity index (χ4n) is 1.49. The lowest BCUT2D eigenvalue weighted by atomic mass is 10.1. The number of hydrogen-bond donors (Lipinski definition) is 6. The van der Waals surface area contributed by atoms with Crippen LogP contribution in [0.25, 0.3) is 0 Å². The van der Waals surface area contributed by atoms with Crippen LogP contribution in [0.4, 0.5) is 0 Å². The van der Waals surface area contributed by atoms with Gasteiger partial charge in [0.05, 0.1) is 17.2 Å². The van der Waals surface area contributed by atoms with Crippen molar-refractivity contribution in [3.05, 3.63) is 35.4 Å². The van der Waals surface area contributed by atoms with Gasteiger partial charge in [0.1, 0.15) is 0 Å². The van der Waals surface area contributed by atoms with Gasteiger partial charge < -0.3 is 30.6 Å². The fraction of sp³-hybridized carbons (Fsp3) is 0.444. The van der Waals surface area contributed by atoms with E-state index in [0.717, 1.165) is 0 Å². The Balaban J connectivity index is 0. The quantitative estimate of drug-likeness (QED) is 0.330. The Morgan fingerprint density at radius 3 is 1.25 bits per heavy atom. The first-order chi connectivity index (χ1) is 13.0. The van der Waals surface area contributed by atoms with Crippen LogP contribution in [0.5, 0.6) is 0 Å². The summed E-state index contributed by atoms with van der Waals surface area (Å²) in [5.41, 5.74) is 0.167. The number of aliphatic carboxylic acids is 2. The second-order valence-corrected chi connectivity index (χ2v) is 5.54. The minimum atomic E-state index is -1.06. The van der Waals surface area contributed by atoms with Crippen LogP contribution in [0.15, 0.2) is 24.3 Å². The van der Waals surface area contributed by atoms with Crippen LogP contribution < -0.4 is 0 Å². The molecular formula is C18H26O10. The Morgan fingerprint density at radius 2 is 1.11 bits per heavy atom. The SMILES string of the molecule is CC(O)CCO.O=C(O)CCCCC(=O)O.O=C(O)c1ccc(C(=O)O)cc1. The van der Waals surface area contributed by atoms with E-state index in [1.54, 1.807) is 6.92 Å². The summed E-state index contributed by atoms with van der Waals surface area (Å²) >= 11 is 0. The number of aromatic carboxylic acids is 2. The van der Waals surface area contributed by atoms with Gasteiger partial charge in [-0.05, 0) is 50.5 Å². The van der Waals surface area contributed by atoms with E-state index < -0.39 is 23.9 Å². The lowest BCUT2D eigenvalue weighted by Gasteiger charge is -1.95. The average Bonchev–Trinajstić information content (AvgIpc) is 2.59. The van der Waals surface area contributed by atoms with Gasteiger partial charge in [-0.3, -0.25) is 9.59 Å². The lowest BCUT2D eigenvalue weighted by molar-refractivity contribution is -0.139. The molecule has 0 heterocycles. The van der Waals surface area contributed by atoms with Crippen molar-refractivity contribution in [1.29, 1.82) is 0 Å². The molecule has 0 spiro atoms. The molecule has 28 heavy (non-hydrogen) atoms. The minimum absolute atomic E-state index is 0.0628. The van der Waals surface area contributed by atoms with E-state index in [0.29, 0.717) is 19.3 Å². The summed E-state index contributed by atoms with van der Waals surface area (Å²) in [6.45, 7) is 1.73. The molecule has 158 valence electrons. The van der Waals surface area contributed by atoms with E-state index in [4.69, 9.17) is 30.6 Å². The van der Waals surface area contributed by atoms with Gasteiger partial charge in [-0.1, -0.05) is 0 Å². The standard InChI is InChI=1S/C8H6O4.C6H10O4.C4H10O2/c9-7(10)5-1-2-6(4-3-5)8(11)12;7-5(8)3-1-2-4-6(9)10;1-4(6)2-3-5/h1-4H,(H,9,10)(H,11,12);1-4H2,(H,7,8)(H,9,10);4-6H,2-3H2,1H3. The second-order valence-electron chi connectivity index (χ2n) is 5.54. The number of unbranched alkanes of at least 4 members (excludes halogenated alkanes) is 1. The molecular weight excluding hydrogens is 376 g/mol. The minimum Gasteiger partial charge on any atom is -0.481 e. The maximum absolute atomic E-state index is 10.3. The molecule has 10 heteroatoms. The third kappa shape index (κ3) is 17.8. The van der Waals surface area contributed by atoms with E-state index in [-0.39, 0.29) is 36.7 Å². The maximum Gasteiger partial charge on any atom is 0.335 e. The molecule has 0 bridgehead atoms. The van der Waals surface area contributed by atoms with Crippen molar-refractivity contribution in [3.63, 3.8) is 0 Å². The van der Waals surface area contributed by atoms with Gasteiger partial charge in [0.15, 0.2) is 0 Å². The van der Waals surface area contributed by atoms with Crippen molar-refractivity contribution in [3.8, 4) is 0 Å². The number of carboxylic acids is 4. The fourth-order valence-corrected chi connectivity index (χ4v) is 1.49. The molecule has 0 radical (unpaired) electrons. The monoisotopic (exact) mass is 402 g/mol. The van der Waals surface area contributed by atoms with Gasteiger partial charge in [0.2, 0.25) is 0 Å². The highest BCUT2D eigenvalue weighted by Gasteiger charge is 2.04. The molecule has 0 aliphatic rings. The number of hydrogen-bond acceptors (Lipinski definition) is 6. The van der Waals surface area contributed by atoms with Gasteiger partial charge in [-0.2, -0.15) is 0 Å². The number of aliphatic hydroxyl groups is 2. The van der Waals surface area contributed by atoms with E-state index in [2.05, 4.69) is 0 Å². The first-order valence-electron chi connectivity index (χ1n) is 8.30. The number of carbonyl (C=O) groups is 4. The molecule has 6 N–H and O–H groups in total. The molecule has 1 aromatic rings. The normalized spacial score (nSPS) is 10.4. The predicted octanol–water partition coefficient (Wildman–Crippen LogP) is 1.55. The van der Waals surface area contributed by atoms with Crippen molar-refractivity contribution < 1.29 is 49.8 Å². The summed E-state index contributed by atoms with van der Waals surface area (Å²) in [4.78, 5) is 40.5. The van der Waals surface area contributed by atoms with Crippen LogP contribution in [0, 0.1) is 0 Å². The molecule has 0 aromatic heterocycles.